The molecule has 0 atom stereocenters. The number of anilines is 1. The number of nitrogen functional groups attached to an aromatic ring is 1. The number of H-pyrrole nitrogens is 1. The first-order valence-electron chi connectivity index (χ1n) is 6.28. The van der Waals surface area contributed by atoms with Crippen molar-refractivity contribution in [3.63, 3.8) is 0 Å². The van der Waals surface area contributed by atoms with Crippen LogP contribution in [0.25, 0.3) is 33.0 Å². The summed E-state index contributed by atoms with van der Waals surface area (Å²) in [4.78, 5) is 19.9. The van der Waals surface area contributed by atoms with Gasteiger partial charge in [-0.3, -0.25) is 0 Å². The second-order valence-electron chi connectivity index (χ2n) is 4.45. The molecule has 3 heterocycles. The van der Waals surface area contributed by atoms with Gasteiger partial charge in [-0.25, -0.2) is 15.0 Å². The van der Waals surface area contributed by atoms with Gasteiger partial charge in [-0.05, 0) is 0 Å². The summed E-state index contributed by atoms with van der Waals surface area (Å²) < 4.78 is 0. The van der Waals surface area contributed by atoms with Crippen LogP contribution in [0.15, 0.2) is 42.2 Å². The van der Waals surface area contributed by atoms with Gasteiger partial charge in [0.15, 0.2) is 5.65 Å². The maximum Gasteiger partial charge on any atom is 0.222 e. The van der Waals surface area contributed by atoms with Crippen molar-refractivity contribution in [2.45, 2.75) is 0 Å². The van der Waals surface area contributed by atoms with Crippen molar-refractivity contribution in [3.8, 4) is 21.8 Å². The highest BCUT2D eigenvalue weighted by Gasteiger charge is 2.11. The van der Waals surface area contributed by atoms with Gasteiger partial charge in [-0.2, -0.15) is 4.98 Å². The van der Waals surface area contributed by atoms with E-state index >= 15 is 0 Å². The average molecular weight is 294 g/mol. The molecular weight excluding hydrogens is 284 g/mol. The highest BCUT2D eigenvalue weighted by Crippen LogP contribution is 2.28. The summed E-state index contributed by atoms with van der Waals surface area (Å²) in [5, 5.41) is 2.96. The number of benzene rings is 1. The van der Waals surface area contributed by atoms with Crippen LogP contribution in [-0.2, 0) is 0 Å². The van der Waals surface area contributed by atoms with Crippen LogP contribution in [0.3, 0.4) is 0 Å². The number of aromatic nitrogens is 5. The molecule has 0 saturated heterocycles. The highest BCUT2D eigenvalue weighted by molar-refractivity contribution is 7.13. The first-order valence-corrected chi connectivity index (χ1v) is 7.16. The van der Waals surface area contributed by atoms with E-state index in [4.69, 9.17) is 5.73 Å². The fraction of sp³-hybridized carbons (Fsp3) is 0. The van der Waals surface area contributed by atoms with Crippen LogP contribution < -0.4 is 5.73 Å². The number of nitrogens with zero attached hydrogens (tertiary/aromatic N) is 4. The third-order valence-electron chi connectivity index (χ3n) is 3.14. The first-order chi connectivity index (χ1) is 10.3. The van der Waals surface area contributed by atoms with Gasteiger partial charge in [0.1, 0.15) is 16.2 Å². The Hall–Kier alpha value is -2.80. The van der Waals surface area contributed by atoms with E-state index < -0.39 is 0 Å². The lowest BCUT2D eigenvalue weighted by atomic mass is 10.1. The van der Waals surface area contributed by atoms with E-state index in [0.29, 0.717) is 5.65 Å². The first kappa shape index (κ1) is 12.0. The Labute approximate surface area is 123 Å². The molecule has 4 rings (SSSR count). The summed E-state index contributed by atoms with van der Waals surface area (Å²) in [5.74, 6) is 0.216. The van der Waals surface area contributed by atoms with Gasteiger partial charge >= 0.3 is 0 Å². The zero-order valence-corrected chi connectivity index (χ0v) is 11.6. The normalized spacial score (nSPS) is 11.0. The molecular formula is C14H10N6S. The van der Waals surface area contributed by atoms with E-state index in [9.17, 15) is 0 Å². The zero-order chi connectivity index (χ0) is 14.2. The Balaban J connectivity index is 1.84. The van der Waals surface area contributed by atoms with Gasteiger partial charge in [-0.15, -0.1) is 11.3 Å². The summed E-state index contributed by atoms with van der Waals surface area (Å²) in [6.07, 6.45) is 3.39. The van der Waals surface area contributed by atoms with Crippen molar-refractivity contribution in [1.82, 2.24) is 24.9 Å². The summed E-state index contributed by atoms with van der Waals surface area (Å²) in [7, 11) is 0. The van der Waals surface area contributed by atoms with Crippen molar-refractivity contribution in [3.05, 3.63) is 42.2 Å². The SMILES string of the molecule is Nc1nc(-c2ccc(-c3nccs3)cc2)c2[nH]cnc2n1. The lowest BCUT2D eigenvalue weighted by molar-refractivity contribution is 1.22. The molecule has 0 bridgehead atoms. The molecule has 1 aromatic carbocycles. The molecule has 0 saturated carbocycles. The molecule has 3 aromatic heterocycles. The van der Waals surface area contributed by atoms with E-state index in [1.807, 2.05) is 29.6 Å². The predicted octanol–water partition coefficient (Wildman–Crippen LogP) is 2.73. The molecule has 0 radical (unpaired) electrons. The predicted molar refractivity (Wildman–Crippen MR) is 82.6 cm³/mol. The number of hydrogen-bond acceptors (Lipinski definition) is 6. The molecule has 0 spiro atoms. The maximum atomic E-state index is 5.74. The molecule has 0 unspecified atom stereocenters. The third-order valence-corrected chi connectivity index (χ3v) is 3.96. The number of thiazole rings is 1. The highest BCUT2D eigenvalue weighted by atomic mass is 32.1. The number of aromatic amines is 1. The molecule has 0 aliphatic heterocycles. The molecule has 0 aliphatic carbocycles. The van der Waals surface area contributed by atoms with Gasteiger partial charge in [-0.1, -0.05) is 24.3 Å². The third kappa shape index (κ3) is 2.03. The quantitative estimate of drug-likeness (QED) is 0.593. The second kappa shape index (κ2) is 4.64. The van der Waals surface area contributed by atoms with Crippen molar-refractivity contribution < 1.29 is 0 Å². The number of nitrogens with one attached hydrogen (secondary N) is 1. The molecule has 0 fully saturated rings. The van der Waals surface area contributed by atoms with Crippen LogP contribution in [0.2, 0.25) is 0 Å². The number of imidazole rings is 1. The minimum absolute atomic E-state index is 0.216. The molecule has 4 aromatic rings. The van der Waals surface area contributed by atoms with Crippen LogP contribution >= 0.6 is 11.3 Å². The Bertz CT molecular complexity index is 895. The van der Waals surface area contributed by atoms with Gasteiger partial charge in [0, 0.05) is 22.7 Å². The largest absolute Gasteiger partial charge is 0.368 e. The average Bonchev–Trinajstić information content (AvgIpc) is 3.17. The Morgan fingerprint density at radius 2 is 1.81 bits per heavy atom. The Morgan fingerprint density at radius 3 is 2.57 bits per heavy atom. The van der Waals surface area contributed by atoms with Crippen molar-refractivity contribution in [2.75, 3.05) is 5.73 Å². The van der Waals surface area contributed by atoms with Crippen LogP contribution in [0.5, 0.6) is 0 Å². The van der Waals surface area contributed by atoms with Crippen molar-refractivity contribution in [2.24, 2.45) is 0 Å². The molecule has 102 valence electrons. The molecule has 3 N–H and O–H groups in total. The van der Waals surface area contributed by atoms with E-state index in [0.717, 1.165) is 27.3 Å². The van der Waals surface area contributed by atoms with E-state index in [1.165, 1.54) is 0 Å². The molecule has 21 heavy (non-hydrogen) atoms. The van der Waals surface area contributed by atoms with Crippen molar-refractivity contribution in [1.29, 1.82) is 0 Å². The van der Waals surface area contributed by atoms with Crippen LogP contribution in [-0.4, -0.2) is 24.9 Å². The van der Waals surface area contributed by atoms with Gasteiger partial charge in [0.25, 0.3) is 0 Å². The number of hydrogen-bond donors (Lipinski definition) is 2. The molecule has 0 aliphatic rings. The van der Waals surface area contributed by atoms with Gasteiger partial charge < -0.3 is 10.7 Å². The Kier molecular flexibility index (Phi) is 2.65. The summed E-state index contributed by atoms with van der Waals surface area (Å²) in [5.41, 5.74) is 9.89. The van der Waals surface area contributed by atoms with E-state index in [-0.39, 0.29) is 5.95 Å². The van der Waals surface area contributed by atoms with Crippen LogP contribution in [0, 0.1) is 0 Å². The monoisotopic (exact) mass is 294 g/mol. The summed E-state index contributed by atoms with van der Waals surface area (Å²) in [6.45, 7) is 0. The van der Waals surface area contributed by atoms with E-state index in [1.54, 1.807) is 23.9 Å². The topological polar surface area (TPSA) is 93.4 Å². The molecule has 6 nitrogen and oxygen atoms in total. The van der Waals surface area contributed by atoms with Crippen LogP contribution in [0.1, 0.15) is 0 Å². The molecule has 7 heteroatoms. The fourth-order valence-electron chi connectivity index (χ4n) is 2.20. The van der Waals surface area contributed by atoms with E-state index in [2.05, 4.69) is 24.9 Å². The minimum Gasteiger partial charge on any atom is -0.368 e. The second-order valence-corrected chi connectivity index (χ2v) is 5.34. The smallest absolute Gasteiger partial charge is 0.222 e. The van der Waals surface area contributed by atoms with Gasteiger partial charge in [0.05, 0.1) is 6.33 Å². The van der Waals surface area contributed by atoms with Crippen LogP contribution in [0.4, 0.5) is 5.95 Å². The number of nitrogens with two attached hydrogens (primary N) is 1. The lowest BCUT2D eigenvalue weighted by Gasteiger charge is -2.04. The summed E-state index contributed by atoms with van der Waals surface area (Å²) in [6, 6.07) is 8.04. The van der Waals surface area contributed by atoms with Crippen molar-refractivity contribution >= 4 is 28.4 Å². The molecule has 0 amide bonds. The van der Waals surface area contributed by atoms with Gasteiger partial charge in [0.2, 0.25) is 5.95 Å². The Morgan fingerprint density at radius 1 is 1.00 bits per heavy atom. The fourth-order valence-corrected chi connectivity index (χ4v) is 2.84. The minimum atomic E-state index is 0.216. The summed E-state index contributed by atoms with van der Waals surface area (Å²) >= 11 is 1.61. The standard InChI is InChI=1S/C14H10N6S/c15-14-19-10(11-12(20-14)18-7-17-11)8-1-3-9(4-2-8)13-16-5-6-21-13/h1-7H,(H3,15,17,18,19,20). The number of rotatable bonds is 2. The lowest BCUT2D eigenvalue weighted by Crippen LogP contribution is -1.97. The zero-order valence-electron chi connectivity index (χ0n) is 10.8. The maximum absolute atomic E-state index is 5.74. The number of fused-ring (bicyclic) bond motifs is 1.